The lowest BCUT2D eigenvalue weighted by Gasteiger charge is -2.34. The molecule has 26 heavy (non-hydrogen) atoms. The van der Waals surface area contributed by atoms with Gasteiger partial charge in [0.2, 0.25) is 5.91 Å². The minimum Gasteiger partial charge on any atom is -0.483 e. The molecule has 0 radical (unpaired) electrons. The number of benzene rings is 1. The summed E-state index contributed by atoms with van der Waals surface area (Å²) in [5.74, 6) is 0.843. The molecule has 1 saturated heterocycles. The van der Waals surface area contributed by atoms with Crippen molar-refractivity contribution in [2.75, 3.05) is 39.3 Å². The van der Waals surface area contributed by atoms with Gasteiger partial charge >= 0.3 is 0 Å². The van der Waals surface area contributed by atoms with Crippen molar-refractivity contribution in [3.8, 4) is 5.75 Å². The van der Waals surface area contributed by atoms with E-state index in [-0.39, 0.29) is 24.5 Å². The van der Waals surface area contributed by atoms with E-state index < -0.39 is 0 Å². The fourth-order valence-corrected chi connectivity index (χ4v) is 3.03. The van der Waals surface area contributed by atoms with E-state index in [9.17, 15) is 9.59 Å². The highest BCUT2D eigenvalue weighted by atomic mass is 16.5. The summed E-state index contributed by atoms with van der Waals surface area (Å²) in [4.78, 5) is 28.3. The molecule has 1 aromatic carbocycles. The van der Waals surface area contributed by atoms with Crippen LogP contribution in [0.3, 0.4) is 0 Å². The number of carbonyl (C=O) groups excluding carboxylic acids is 2. The van der Waals surface area contributed by atoms with Crippen molar-refractivity contribution in [3.05, 3.63) is 29.3 Å². The van der Waals surface area contributed by atoms with Crippen LogP contribution in [-0.2, 0) is 9.59 Å². The van der Waals surface area contributed by atoms with Crippen molar-refractivity contribution < 1.29 is 14.3 Å². The lowest BCUT2D eigenvalue weighted by molar-refractivity contribution is -0.135. The molecule has 0 aliphatic carbocycles. The summed E-state index contributed by atoms with van der Waals surface area (Å²) in [6, 6.07) is 6.15. The van der Waals surface area contributed by atoms with Crippen molar-refractivity contribution in [1.29, 1.82) is 0 Å². The summed E-state index contributed by atoms with van der Waals surface area (Å²) in [5.41, 5.74) is 2.07. The Morgan fingerprint density at radius 1 is 1.15 bits per heavy atom. The number of para-hydroxylation sites is 1. The third kappa shape index (κ3) is 5.73. The molecule has 0 saturated carbocycles. The second-order valence-electron chi connectivity index (χ2n) is 7.04. The van der Waals surface area contributed by atoms with Crippen molar-refractivity contribution in [2.45, 2.75) is 40.2 Å². The van der Waals surface area contributed by atoms with E-state index in [4.69, 9.17) is 4.74 Å². The Balaban J connectivity index is 1.75. The molecule has 0 spiro atoms. The third-order valence-corrected chi connectivity index (χ3v) is 4.86. The van der Waals surface area contributed by atoms with E-state index in [0.29, 0.717) is 32.7 Å². The zero-order valence-corrected chi connectivity index (χ0v) is 16.4. The van der Waals surface area contributed by atoms with Gasteiger partial charge in [0, 0.05) is 32.2 Å². The summed E-state index contributed by atoms with van der Waals surface area (Å²) >= 11 is 0. The van der Waals surface area contributed by atoms with Gasteiger partial charge in [-0.3, -0.25) is 14.5 Å². The van der Waals surface area contributed by atoms with E-state index in [0.717, 1.165) is 23.3 Å². The average Bonchev–Trinajstić information content (AvgIpc) is 2.61. The van der Waals surface area contributed by atoms with Gasteiger partial charge in [0.25, 0.3) is 5.91 Å². The lowest BCUT2D eigenvalue weighted by atomic mass is 10.1. The van der Waals surface area contributed by atoms with Crippen molar-refractivity contribution in [2.24, 2.45) is 0 Å². The van der Waals surface area contributed by atoms with Crippen molar-refractivity contribution in [1.82, 2.24) is 15.1 Å². The Morgan fingerprint density at radius 3 is 2.35 bits per heavy atom. The van der Waals surface area contributed by atoms with Gasteiger partial charge < -0.3 is 15.0 Å². The van der Waals surface area contributed by atoms with Gasteiger partial charge in [-0.05, 0) is 38.3 Å². The van der Waals surface area contributed by atoms with Crippen LogP contribution in [0.15, 0.2) is 18.2 Å². The maximum absolute atomic E-state index is 12.4. The topological polar surface area (TPSA) is 61.9 Å². The first-order valence-electron chi connectivity index (χ1n) is 9.39. The number of carbonyl (C=O) groups is 2. The molecule has 1 heterocycles. The zero-order chi connectivity index (χ0) is 19.1. The summed E-state index contributed by atoms with van der Waals surface area (Å²) < 4.78 is 5.76. The number of hydrogen-bond donors (Lipinski definition) is 1. The largest absolute Gasteiger partial charge is 0.483 e. The molecule has 1 aromatic rings. The fraction of sp³-hybridized carbons (Fsp3) is 0.600. The van der Waals surface area contributed by atoms with Crippen LogP contribution in [0.5, 0.6) is 5.75 Å². The Kier molecular flexibility index (Phi) is 7.45. The second kappa shape index (κ2) is 9.57. The van der Waals surface area contributed by atoms with Crippen LogP contribution in [0.4, 0.5) is 0 Å². The normalized spacial score (nSPS) is 16.2. The minimum atomic E-state index is -0.00337. The molecule has 1 aliphatic heterocycles. The standard InChI is InChI=1S/C20H31N3O3/c1-5-17(4)21-18(24)13-22-9-11-23(12-10-22)19(25)14-26-20-15(2)7-6-8-16(20)3/h6-8,17H,5,9-14H2,1-4H3,(H,21,24). The van der Waals surface area contributed by atoms with Gasteiger partial charge in [0.05, 0.1) is 6.54 Å². The average molecular weight is 361 g/mol. The Labute approximate surface area is 156 Å². The van der Waals surface area contributed by atoms with Gasteiger partial charge in [-0.2, -0.15) is 0 Å². The van der Waals surface area contributed by atoms with Crippen LogP contribution in [0.25, 0.3) is 0 Å². The van der Waals surface area contributed by atoms with Gasteiger partial charge in [0.1, 0.15) is 5.75 Å². The second-order valence-corrected chi connectivity index (χ2v) is 7.04. The molecular weight excluding hydrogens is 330 g/mol. The number of rotatable bonds is 7. The number of nitrogens with one attached hydrogen (secondary N) is 1. The molecule has 0 aromatic heterocycles. The van der Waals surface area contributed by atoms with Gasteiger partial charge in [0.15, 0.2) is 6.61 Å². The summed E-state index contributed by atoms with van der Waals surface area (Å²) in [6.07, 6.45) is 0.925. The number of hydrogen-bond acceptors (Lipinski definition) is 4. The smallest absolute Gasteiger partial charge is 0.260 e. The molecule has 0 bridgehead atoms. The van der Waals surface area contributed by atoms with Crippen LogP contribution in [0, 0.1) is 13.8 Å². The van der Waals surface area contributed by atoms with Crippen LogP contribution in [0.2, 0.25) is 0 Å². The predicted octanol–water partition coefficient (Wildman–Crippen LogP) is 1.74. The van der Waals surface area contributed by atoms with E-state index in [1.807, 2.05) is 43.9 Å². The predicted molar refractivity (Wildman–Crippen MR) is 102 cm³/mol. The SMILES string of the molecule is CCC(C)NC(=O)CN1CCN(C(=O)COc2c(C)cccc2C)CC1. The number of ether oxygens (including phenoxy) is 1. The highest BCUT2D eigenvalue weighted by Crippen LogP contribution is 2.22. The molecule has 2 amide bonds. The maximum atomic E-state index is 12.4. The van der Waals surface area contributed by atoms with E-state index in [1.165, 1.54) is 0 Å². The Bertz CT molecular complexity index is 604. The van der Waals surface area contributed by atoms with Gasteiger partial charge in [-0.25, -0.2) is 0 Å². The van der Waals surface area contributed by atoms with Crippen molar-refractivity contribution >= 4 is 11.8 Å². The molecule has 1 fully saturated rings. The summed E-state index contributed by atoms with van der Waals surface area (Å²) in [5, 5.41) is 2.98. The van der Waals surface area contributed by atoms with Gasteiger partial charge in [-0.15, -0.1) is 0 Å². The van der Waals surface area contributed by atoms with Crippen molar-refractivity contribution in [3.63, 3.8) is 0 Å². The molecule has 1 unspecified atom stereocenters. The van der Waals surface area contributed by atoms with Crippen LogP contribution in [-0.4, -0.2) is 67.0 Å². The van der Waals surface area contributed by atoms with E-state index >= 15 is 0 Å². The Hall–Kier alpha value is -2.08. The van der Waals surface area contributed by atoms with Gasteiger partial charge in [-0.1, -0.05) is 25.1 Å². The maximum Gasteiger partial charge on any atom is 0.260 e. The molecule has 6 heteroatoms. The quantitative estimate of drug-likeness (QED) is 0.804. The molecular formula is C20H31N3O3. The van der Waals surface area contributed by atoms with Crippen LogP contribution < -0.4 is 10.1 Å². The molecule has 1 N–H and O–H groups in total. The number of nitrogens with zero attached hydrogens (tertiary/aromatic N) is 2. The van der Waals surface area contributed by atoms with E-state index in [2.05, 4.69) is 17.1 Å². The minimum absolute atomic E-state index is 0.00337. The first-order chi connectivity index (χ1) is 12.4. The first kappa shape index (κ1) is 20.2. The fourth-order valence-electron chi connectivity index (χ4n) is 3.03. The highest BCUT2D eigenvalue weighted by molar-refractivity contribution is 5.79. The summed E-state index contributed by atoms with van der Waals surface area (Å²) in [7, 11) is 0. The molecule has 6 nitrogen and oxygen atoms in total. The highest BCUT2D eigenvalue weighted by Gasteiger charge is 2.23. The number of amides is 2. The number of piperazine rings is 1. The summed E-state index contributed by atoms with van der Waals surface area (Å²) in [6.45, 7) is 11.2. The first-order valence-corrected chi connectivity index (χ1v) is 9.39. The molecule has 1 atom stereocenters. The molecule has 2 rings (SSSR count). The van der Waals surface area contributed by atoms with Crippen LogP contribution in [0.1, 0.15) is 31.4 Å². The monoisotopic (exact) mass is 361 g/mol. The molecule has 1 aliphatic rings. The third-order valence-electron chi connectivity index (χ3n) is 4.86. The molecule has 144 valence electrons. The zero-order valence-electron chi connectivity index (χ0n) is 16.4. The Morgan fingerprint density at radius 2 is 1.77 bits per heavy atom. The van der Waals surface area contributed by atoms with E-state index in [1.54, 1.807) is 0 Å². The van der Waals surface area contributed by atoms with Crippen LogP contribution >= 0.6 is 0 Å². The number of aryl methyl sites for hydroxylation is 2. The lowest BCUT2D eigenvalue weighted by Crippen LogP contribution is -2.52.